The van der Waals surface area contributed by atoms with E-state index in [4.69, 9.17) is 11.6 Å². The minimum Gasteiger partial charge on any atom is -0.347 e. The van der Waals surface area contributed by atoms with Crippen LogP contribution < -0.4 is 5.32 Å². The van der Waals surface area contributed by atoms with Crippen LogP contribution in [0.4, 0.5) is 0 Å². The topological polar surface area (TPSA) is 67.2 Å². The van der Waals surface area contributed by atoms with E-state index in [0.717, 1.165) is 17.5 Å². The van der Waals surface area contributed by atoms with Gasteiger partial charge in [-0.25, -0.2) is 0 Å². The molecule has 2 aromatic carbocycles. The SMILES string of the molecule is CSc1ccc(CNC(=O)c2cc3n(n2)CCCN(Cc2ccc(Cl)cc2)C3=O)cc1. The number of hydrogen-bond donors (Lipinski definition) is 1. The third-order valence-corrected chi connectivity index (χ3v) is 6.21. The van der Waals surface area contributed by atoms with Gasteiger partial charge >= 0.3 is 0 Å². The van der Waals surface area contributed by atoms with Gasteiger partial charge in [0.15, 0.2) is 5.69 Å². The standard InChI is InChI=1S/C23H23ClN4O2S/c1-31-19-9-5-16(6-10-19)14-25-22(29)20-13-21-23(30)27(11-2-12-28(21)26-20)15-17-3-7-18(24)8-4-17/h3-10,13H,2,11-12,14-15H2,1H3,(H,25,29). The second-order valence-electron chi connectivity index (χ2n) is 7.38. The summed E-state index contributed by atoms with van der Waals surface area (Å²) in [5.74, 6) is -0.404. The number of carbonyl (C=O) groups excluding carboxylic acids is 2. The average molecular weight is 455 g/mol. The minimum atomic E-state index is -0.286. The molecule has 31 heavy (non-hydrogen) atoms. The number of amides is 2. The highest BCUT2D eigenvalue weighted by molar-refractivity contribution is 7.98. The highest BCUT2D eigenvalue weighted by atomic mass is 35.5. The maximum atomic E-state index is 13.1. The molecule has 4 rings (SSSR count). The predicted octanol–water partition coefficient (Wildman–Crippen LogP) is 4.23. The molecular formula is C23H23ClN4O2S. The number of aromatic nitrogens is 2. The summed E-state index contributed by atoms with van der Waals surface area (Å²) in [5.41, 5.74) is 2.73. The Bertz CT molecular complexity index is 1080. The van der Waals surface area contributed by atoms with Crippen molar-refractivity contribution < 1.29 is 9.59 Å². The van der Waals surface area contributed by atoms with Gasteiger partial charge in [-0.1, -0.05) is 35.9 Å². The number of fused-ring (bicyclic) bond motifs is 1. The highest BCUT2D eigenvalue weighted by Gasteiger charge is 2.26. The lowest BCUT2D eigenvalue weighted by Gasteiger charge is -2.20. The Kier molecular flexibility index (Phi) is 6.63. The molecule has 0 atom stereocenters. The number of benzene rings is 2. The Morgan fingerprint density at radius 2 is 1.81 bits per heavy atom. The molecule has 0 unspecified atom stereocenters. The number of thioether (sulfide) groups is 1. The molecular weight excluding hydrogens is 432 g/mol. The zero-order valence-corrected chi connectivity index (χ0v) is 18.7. The number of hydrogen-bond acceptors (Lipinski definition) is 4. The summed E-state index contributed by atoms with van der Waals surface area (Å²) in [5, 5.41) is 7.95. The fourth-order valence-corrected chi connectivity index (χ4v) is 4.06. The number of nitrogens with one attached hydrogen (secondary N) is 1. The zero-order chi connectivity index (χ0) is 21.8. The summed E-state index contributed by atoms with van der Waals surface area (Å²) in [6.45, 7) is 2.14. The van der Waals surface area contributed by atoms with Gasteiger partial charge in [0.2, 0.25) is 0 Å². The summed E-state index contributed by atoms with van der Waals surface area (Å²) in [6, 6.07) is 17.1. The van der Waals surface area contributed by atoms with E-state index in [1.165, 1.54) is 4.90 Å². The summed E-state index contributed by atoms with van der Waals surface area (Å²) in [4.78, 5) is 28.7. The molecule has 6 nitrogen and oxygen atoms in total. The van der Waals surface area contributed by atoms with Crippen molar-refractivity contribution in [2.75, 3.05) is 12.8 Å². The molecule has 3 aromatic rings. The first-order valence-electron chi connectivity index (χ1n) is 10.1. The molecule has 0 spiro atoms. The first kappa shape index (κ1) is 21.5. The van der Waals surface area contributed by atoms with Crippen molar-refractivity contribution in [3.05, 3.63) is 82.1 Å². The third kappa shape index (κ3) is 5.11. The lowest BCUT2D eigenvalue weighted by Crippen LogP contribution is -2.30. The zero-order valence-electron chi connectivity index (χ0n) is 17.2. The Hall–Kier alpha value is -2.77. The fourth-order valence-electron chi connectivity index (χ4n) is 3.52. The second kappa shape index (κ2) is 9.58. The van der Waals surface area contributed by atoms with Crippen LogP contribution in [0.15, 0.2) is 59.5 Å². The van der Waals surface area contributed by atoms with Crippen molar-refractivity contribution in [3.8, 4) is 0 Å². The van der Waals surface area contributed by atoms with Gasteiger partial charge in [-0.15, -0.1) is 11.8 Å². The summed E-state index contributed by atoms with van der Waals surface area (Å²) >= 11 is 7.63. The van der Waals surface area contributed by atoms with Crippen LogP contribution in [0.3, 0.4) is 0 Å². The van der Waals surface area contributed by atoms with Crippen LogP contribution in [0.25, 0.3) is 0 Å². The van der Waals surface area contributed by atoms with Gasteiger partial charge in [0.05, 0.1) is 0 Å². The Labute approximate surface area is 190 Å². The van der Waals surface area contributed by atoms with Crippen LogP contribution >= 0.6 is 23.4 Å². The molecule has 2 amide bonds. The van der Waals surface area contributed by atoms with Crippen LogP contribution in [0.2, 0.25) is 5.02 Å². The largest absolute Gasteiger partial charge is 0.347 e. The lowest BCUT2D eigenvalue weighted by atomic mass is 10.2. The molecule has 0 saturated heterocycles. The molecule has 0 radical (unpaired) electrons. The smallest absolute Gasteiger partial charge is 0.272 e. The van der Waals surface area contributed by atoms with E-state index in [1.54, 1.807) is 27.4 Å². The molecule has 2 heterocycles. The van der Waals surface area contributed by atoms with E-state index in [0.29, 0.717) is 36.9 Å². The number of carbonyl (C=O) groups is 2. The quantitative estimate of drug-likeness (QED) is 0.566. The van der Waals surface area contributed by atoms with Gasteiger partial charge in [-0.05, 0) is 48.1 Å². The molecule has 1 aromatic heterocycles. The molecule has 0 fully saturated rings. The maximum Gasteiger partial charge on any atom is 0.272 e. The second-order valence-corrected chi connectivity index (χ2v) is 8.69. The van der Waals surface area contributed by atoms with E-state index in [1.807, 2.05) is 54.8 Å². The first-order chi connectivity index (χ1) is 15.0. The minimum absolute atomic E-state index is 0.119. The third-order valence-electron chi connectivity index (χ3n) is 5.22. The van der Waals surface area contributed by atoms with Gasteiger partial charge in [0.1, 0.15) is 5.69 Å². The van der Waals surface area contributed by atoms with Crippen molar-refractivity contribution >= 4 is 35.2 Å². The summed E-state index contributed by atoms with van der Waals surface area (Å²) in [7, 11) is 0. The highest BCUT2D eigenvalue weighted by Crippen LogP contribution is 2.18. The molecule has 1 aliphatic heterocycles. The number of halogens is 1. The lowest BCUT2D eigenvalue weighted by molar-refractivity contribution is 0.0745. The Morgan fingerprint density at radius 3 is 2.52 bits per heavy atom. The van der Waals surface area contributed by atoms with E-state index >= 15 is 0 Å². The molecule has 0 aliphatic carbocycles. The maximum absolute atomic E-state index is 13.1. The Balaban J connectivity index is 1.44. The van der Waals surface area contributed by atoms with Crippen molar-refractivity contribution in [1.29, 1.82) is 0 Å². The fraction of sp³-hybridized carbons (Fsp3) is 0.261. The average Bonchev–Trinajstić information content (AvgIpc) is 3.16. The molecule has 8 heteroatoms. The summed E-state index contributed by atoms with van der Waals surface area (Å²) < 4.78 is 1.65. The van der Waals surface area contributed by atoms with E-state index in [-0.39, 0.29) is 17.5 Å². The van der Waals surface area contributed by atoms with Crippen molar-refractivity contribution in [2.24, 2.45) is 0 Å². The van der Waals surface area contributed by atoms with Crippen LogP contribution in [0.5, 0.6) is 0 Å². The van der Waals surface area contributed by atoms with Gasteiger partial charge in [0, 0.05) is 42.2 Å². The monoisotopic (exact) mass is 454 g/mol. The molecule has 0 bridgehead atoms. The van der Waals surface area contributed by atoms with E-state index in [2.05, 4.69) is 10.4 Å². The number of nitrogens with zero attached hydrogens (tertiary/aromatic N) is 3. The molecule has 160 valence electrons. The van der Waals surface area contributed by atoms with E-state index < -0.39 is 0 Å². The van der Waals surface area contributed by atoms with Gasteiger partial charge in [0.25, 0.3) is 11.8 Å². The molecule has 0 saturated carbocycles. The van der Waals surface area contributed by atoms with Crippen molar-refractivity contribution in [3.63, 3.8) is 0 Å². The van der Waals surface area contributed by atoms with Crippen molar-refractivity contribution in [2.45, 2.75) is 31.0 Å². The van der Waals surface area contributed by atoms with Crippen molar-refractivity contribution in [1.82, 2.24) is 20.0 Å². The molecule has 1 N–H and O–H groups in total. The normalized spacial score (nSPS) is 13.6. The first-order valence-corrected chi connectivity index (χ1v) is 11.7. The molecule has 1 aliphatic rings. The van der Waals surface area contributed by atoms with Gasteiger partial charge in [-0.2, -0.15) is 5.10 Å². The Morgan fingerprint density at radius 1 is 1.10 bits per heavy atom. The number of aryl methyl sites for hydroxylation is 1. The van der Waals surface area contributed by atoms with Crippen LogP contribution in [0, 0.1) is 0 Å². The van der Waals surface area contributed by atoms with Crippen LogP contribution in [-0.2, 0) is 19.6 Å². The number of rotatable bonds is 6. The van der Waals surface area contributed by atoms with E-state index in [9.17, 15) is 9.59 Å². The van der Waals surface area contributed by atoms with Crippen LogP contribution in [-0.4, -0.2) is 39.3 Å². The van der Waals surface area contributed by atoms with Gasteiger partial charge in [-0.3, -0.25) is 14.3 Å². The summed E-state index contributed by atoms with van der Waals surface area (Å²) in [6.07, 6.45) is 2.80. The van der Waals surface area contributed by atoms with Gasteiger partial charge < -0.3 is 10.2 Å². The van der Waals surface area contributed by atoms with Crippen LogP contribution in [0.1, 0.15) is 38.5 Å². The predicted molar refractivity (Wildman–Crippen MR) is 122 cm³/mol.